The van der Waals surface area contributed by atoms with Gasteiger partial charge in [-0.05, 0) is 19.3 Å². The minimum Gasteiger partial charge on any atom is -0.374 e. The largest absolute Gasteiger partial charge is 0.374 e. The monoisotopic (exact) mass is 252 g/mol. The first-order valence-corrected chi connectivity index (χ1v) is 6.47. The SMILES string of the molecule is C=CCOC1CC(OCC=C)CC(OCC=C)C1. The van der Waals surface area contributed by atoms with E-state index in [4.69, 9.17) is 14.2 Å². The highest BCUT2D eigenvalue weighted by Gasteiger charge is 2.30. The zero-order chi connectivity index (χ0) is 13.2. The minimum absolute atomic E-state index is 0.182. The molecule has 0 aliphatic heterocycles. The number of hydrogen-bond donors (Lipinski definition) is 0. The van der Waals surface area contributed by atoms with Crippen LogP contribution in [0.1, 0.15) is 19.3 Å². The molecule has 0 amide bonds. The molecule has 0 radical (unpaired) electrons. The van der Waals surface area contributed by atoms with E-state index in [1.54, 1.807) is 18.2 Å². The van der Waals surface area contributed by atoms with E-state index in [-0.39, 0.29) is 18.3 Å². The van der Waals surface area contributed by atoms with E-state index >= 15 is 0 Å². The van der Waals surface area contributed by atoms with Crippen molar-refractivity contribution < 1.29 is 14.2 Å². The lowest BCUT2D eigenvalue weighted by molar-refractivity contribution is -0.0880. The Morgan fingerprint density at radius 2 is 0.944 bits per heavy atom. The van der Waals surface area contributed by atoms with E-state index in [0.717, 1.165) is 19.3 Å². The standard InChI is InChI=1S/C15H24O3/c1-4-7-16-13-10-14(17-8-5-2)12-15(11-13)18-9-6-3/h4-6,13-15H,1-3,7-12H2. The van der Waals surface area contributed by atoms with Crippen LogP contribution in [0.5, 0.6) is 0 Å². The highest BCUT2D eigenvalue weighted by atomic mass is 16.5. The summed E-state index contributed by atoms with van der Waals surface area (Å²) >= 11 is 0. The lowest BCUT2D eigenvalue weighted by atomic mass is 9.92. The molecule has 0 N–H and O–H groups in total. The quantitative estimate of drug-likeness (QED) is 0.591. The van der Waals surface area contributed by atoms with Crippen LogP contribution in [-0.4, -0.2) is 38.1 Å². The smallest absolute Gasteiger partial charge is 0.0648 e. The van der Waals surface area contributed by atoms with Crippen LogP contribution in [0.4, 0.5) is 0 Å². The molecule has 1 rings (SSSR count). The van der Waals surface area contributed by atoms with Crippen LogP contribution < -0.4 is 0 Å². The first kappa shape index (κ1) is 15.2. The molecule has 0 saturated heterocycles. The van der Waals surface area contributed by atoms with Crippen LogP contribution in [0.3, 0.4) is 0 Å². The Morgan fingerprint density at radius 3 is 1.17 bits per heavy atom. The normalized spacial score (nSPS) is 27.7. The fourth-order valence-corrected chi connectivity index (χ4v) is 2.19. The number of rotatable bonds is 9. The Balaban J connectivity index is 2.44. The van der Waals surface area contributed by atoms with Crippen molar-refractivity contribution in [2.45, 2.75) is 37.6 Å². The Morgan fingerprint density at radius 1 is 0.667 bits per heavy atom. The number of ether oxygens (including phenoxy) is 3. The highest BCUT2D eigenvalue weighted by Crippen LogP contribution is 2.26. The van der Waals surface area contributed by atoms with E-state index in [1.807, 2.05) is 0 Å². The summed E-state index contributed by atoms with van der Waals surface area (Å²) in [5.74, 6) is 0. The maximum absolute atomic E-state index is 5.72. The zero-order valence-corrected chi connectivity index (χ0v) is 11.1. The second-order valence-electron chi connectivity index (χ2n) is 4.44. The molecule has 0 atom stereocenters. The van der Waals surface area contributed by atoms with Crippen molar-refractivity contribution in [3.8, 4) is 0 Å². The predicted molar refractivity (Wildman–Crippen MR) is 73.7 cm³/mol. The Hall–Kier alpha value is -0.900. The van der Waals surface area contributed by atoms with E-state index < -0.39 is 0 Å². The number of hydrogen-bond acceptors (Lipinski definition) is 3. The molecule has 0 spiro atoms. The van der Waals surface area contributed by atoms with Crippen molar-refractivity contribution in [1.29, 1.82) is 0 Å². The molecule has 3 heteroatoms. The lowest BCUT2D eigenvalue weighted by Crippen LogP contribution is -2.37. The van der Waals surface area contributed by atoms with E-state index in [0.29, 0.717) is 19.8 Å². The summed E-state index contributed by atoms with van der Waals surface area (Å²) in [5, 5.41) is 0. The molecular weight excluding hydrogens is 228 g/mol. The molecule has 0 bridgehead atoms. The summed E-state index contributed by atoms with van der Waals surface area (Å²) in [6.45, 7) is 12.7. The Bertz CT molecular complexity index is 214. The Labute approximate surface area is 110 Å². The van der Waals surface area contributed by atoms with Gasteiger partial charge >= 0.3 is 0 Å². The average molecular weight is 252 g/mol. The average Bonchev–Trinajstić information content (AvgIpc) is 2.40. The molecule has 1 aliphatic rings. The van der Waals surface area contributed by atoms with Crippen LogP contribution in [0.2, 0.25) is 0 Å². The zero-order valence-electron chi connectivity index (χ0n) is 11.1. The molecule has 18 heavy (non-hydrogen) atoms. The molecule has 102 valence electrons. The lowest BCUT2D eigenvalue weighted by Gasteiger charge is -2.34. The third kappa shape index (κ3) is 5.63. The van der Waals surface area contributed by atoms with Gasteiger partial charge in [0.05, 0.1) is 38.1 Å². The van der Waals surface area contributed by atoms with Crippen molar-refractivity contribution in [1.82, 2.24) is 0 Å². The van der Waals surface area contributed by atoms with Gasteiger partial charge in [0.25, 0.3) is 0 Å². The third-order valence-corrected chi connectivity index (χ3v) is 2.93. The maximum Gasteiger partial charge on any atom is 0.0648 e. The first-order chi connectivity index (χ1) is 8.80. The van der Waals surface area contributed by atoms with Gasteiger partial charge in [-0.1, -0.05) is 18.2 Å². The summed E-state index contributed by atoms with van der Waals surface area (Å²) in [5.41, 5.74) is 0. The Kier molecular flexibility index (Phi) is 7.65. The molecular formula is C15H24O3. The van der Waals surface area contributed by atoms with Gasteiger partial charge < -0.3 is 14.2 Å². The summed E-state index contributed by atoms with van der Waals surface area (Å²) in [7, 11) is 0. The van der Waals surface area contributed by atoms with Crippen LogP contribution >= 0.6 is 0 Å². The molecule has 0 aromatic heterocycles. The molecule has 3 nitrogen and oxygen atoms in total. The molecule has 0 unspecified atom stereocenters. The van der Waals surface area contributed by atoms with Crippen molar-refractivity contribution in [2.24, 2.45) is 0 Å². The van der Waals surface area contributed by atoms with Crippen LogP contribution in [0.15, 0.2) is 38.0 Å². The van der Waals surface area contributed by atoms with Gasteiger partial charge in [-0.25, -0.2) is 0 Å². The molecule has 1 saturated carbocycles. The van der Waals surface area contributed by atoms with Gasteiger partial charge in [-0.3, -0.25) is 0 Å². The van der Waals surface area contributed by atoms with Gasteiger partial charge in [0, 0.05) is 0 Å². The van der Waals surface area contributed by atoms with E-state index in [9.17, 15) is 0 Å². The second kappa shape index (κ2) is 9.09. The maximum atomic E-state index is 5.72. The molecule has 0 heterocycles. The topological polar surface area (TPSA) is 27.7 Å². The van der Waals surface area contributed by atoms with Gasteiger partial charge in [-0.2, -0.15) is 0 Å². The van der Waals surface area contributed by atoms with Crippen molar-refractivity contribution in [3.63, 3.8) is 0 Å². The predicted octanol–water partition coefficient (Wildman–Crippen LogP) is 2.88. The molecule has 1 aliphatic carbocycles. The van der Waals surface area contributed by atoms with Crippen LogP contribution in [0.25, 0.3) is 0 Å². The third-order valence-electron chi connectivity index (χ3n) is 2.93. The minimum atomic E-state index is 0.182. The fourth-order valence-electron chi connectivity index (χ4n) is 2.19. The van der Waals surface area contributed by atoms with Gasteiger partial charge in [-0.15, -0.1) is 19.7 Å². The highest BCUT2D eigenvalue weighted by molar-refractivity contribution is 4.83. The van der Waals surface area contributed by atoms with Gasteiger partial charge in [0.15, 0.2) is 0 Å². The van der Waals surface area contributed by atoms with Crippen LogP contribution in [0, 0.1) is 0 Å². The summed E-state index contributed by atoms with van der Waals surface area (Å²) in [6, 6.07) is 0. The molecule has 0 aromatic rings. The van der Waals surface area contributed by atoms with Gasteiger partial charge in [0.2, 0.25) is 0 Å². The van der Waals surface area contributed by atoms with Crippen LogP contribution in [-0.2, 0) is 14.2 Å². The fraction of sp³-hybridized carbons (Fsp3) is 0.600. The summed E-state index contributed by atoms with van der Waals surface area (Å²) in [4.78, 5) is 0. The van der Waals surface area contributed by atoms with Gasteiger partial charge in [0.1, 0.15) is 0 Å². The molecule has 1 fully saturated rings. The summed E-state index contributed by atoms with van der Waals surface area (Å²) < 4.78 is 17.2. The van der Waals surface area contributed by atoms with Crippen molar-refractivity contribution in [2.75, 3.05) is 19.8 Å². The molecule has 0 aromatic carbocycles. The first-order valence-electron chi connectivity index (χ1n) is 6.47. The second-order valence-corrected chi connectivity index (χ2v) is 4.44. The van der Waals surface area contributed by atoms with Crippen molar-refractivity contribution in [3.05, 3.63) is 38.0 Å². The van der Waals surface area contributed by atoms with Crippen molar-refractivity contribution >= 4 is 0 Å². The summed E-state index contributed by atoms with van der Waals surface area (Å²) in [6.07, 6.45) is 8.60. The van der Waals surface area contributed by atoms with E-state index in [2.05, 4.69) is 19.7 Å². The van der Waals surface area contributed by atoms with E-state index in [1.165, 1.54) is 0 Å².